The average molecular weight is 368 g/mol. The van der Waals surface area contributed by atoms with Crippen molar-refractivity contribution in [2.45, 2.75) is 6.92 Å². The molecule has 1 amide bonds. The first-order valence-corrected chi connectivity index (χ1v) is 8.88. The minimum Gasteiger partial charge on any atom is -0.497 e. The summed E-state index contributed by atoms with van der Waals surface area (Å²) >= 11 is 1.37. The molecule has 0 unspecified atom stereocenters. The summed E-state index contributed by atoms with van der Waals surface area (Å²) in [6.45, 7) is 1.98. The average Bonchev–Trinajstić information content (AvgIpc) is 2.90. The minimum absolute atomic E-state index is 0.0595. The Kier molecular flexibility index (Phi) is 5.32. The van der Waals surface area contributed by atoms with Gasteiger partial charge in [-0.05, 0) is 72.3 Å². The van der Waals surface area contributed by atoms with Crippen LogP contribution in [0.5, 0.6) is 11.5 Å². The maximum Gasteiger partial charge on any atom is 0.266 e. The van der Waals surface area contributed by atoms with Crippen LogP contribution in [-0.2, 0) is 4.79 Å². The summed E-state index contributed by atoms with van der Waals surface area (Å²) < 4.78 is 10.4. The molecule has 134 valence electrons. The molecule has 1 heterocycles. The lowest BCUT2D eigenvalue weighted by atomic mass is 10.1. The third-order valence-electron chi connectivity index (χ3n) is 4.02. The molecule has 26 heavy (non-hydrogen) atoms. The van der Waals surface area contributed by atoms with Crippen molar-refractivity contribution in [1.29, 1.82) is 0 Å². The van der Waals surface area contributed by atoms with Gasteiger partial charge in [0.1, 0.15) is 11.5 Å². The monoisotopic (exact) mass is 368 g/mol. The quantitative estimate of drug-likeness (QED) is 0.757. The van der Waals surface area contributed by atoms with Crippen LogP contribution in [0, 0.1) is 6.92 Å². The van der Waals surface area contributed by atoms with Crippen molar-refractivity contribution in [1.82, 2.24) is 4.90 Å². The second kappa shape index (κ2) is 7.66. The number of nitrogens with zero attached hydrogens (tertiary/aromatic N) is 2. The van der Waals surface area contributed by atoms with E-state index in [-0.39, 0.29) is 5.91 Å². The predicted octanol–water partition coefficient (Wildman–Crippen LogP) is 4.25. The van der Waals surface area contributed by atoms with E-state index in [0.717, 1.165) is 28.3 Å². The highest BCUT2D eigenvalue weighted by Crippen LogP contribution is 2.34. The summed E-state index contributed by atoms with van der Waals surface area (Å²) in [6.07, 6.45) is 1.88. The van der Waals surface area contributed by atoms with E-state index in [9.17, 15) is 4.79 Å². The van der Waals surface area contributed by atoms with Crippen LogP contribution in [0.15, 0.2) is 52.4 Å². The van der Waals surface area contributed by atoms with Crippen molar-refractivity contribution in [3.05, 3.63) is 58.5 Å². The number of carbonyl (C=O) groups excluding carboxylic acids is 1. The minimum atomic E-state index is -0.0595. The molecular weight excluding hydrogens is 348 g/mol. The number of likely N-dealkylation sites (N-methyl/N-ethyl adjacent to an activating group) is 1. The Balaban J connectivity index is 1.85. The number of aryl methyl sites for hydroxylation is 1. The van der Waals surface area contributed by atoms with Gasteiger partial charge in [0.05, 0.1) is 24.8 Å². The van der Waals surface area contributed by atoms with Crippen molar-refractivity contribution in [3.8, 4) is 11.5 Å². The smallest absolute Gasteiger partial charge is 0.266 e. The van der Waals surface area contributed by atoms with Gasteiger partial charge in [-0.1, -0.05) is 6.07 Å². The molecule has 0 spiro atoms. The highest BCUT2D eigenvalue weighted by molar-refractivity contribution is 8.18. The molecule has 2 aromatic rings. The zero-order valence-corrected chi connectivity index (χ0v) is 16.0. The highest BCUT2D eigenvalue weighted by Gasteiger charge is 2.30. The Morgan fingerprint density at radius 3 is 2.42 bits per heavy atom. The van der Waals surface area contributed by atoms with Crippen LogP contribution < -0.4 is 9.47 Å². The van der Waals surface area contributed by atoms with Crippen molar-refractivity contribution >= 4 is 34.6 Å². The zero-order valence-electron chi connectivity index (χ0n) is 15.1. The summed E-state index contributed by atoms with van der Waals surface area (Å²) in [7, 11) is 5.00. The Labute approximate surface area is 157 Å². The number of carbonyl (C=O) groups is 1. The van der Waals surface area contributed by atoms with Gasteiger partial charge in [-0.3, -0.25) is 9.69 Å². The number of amidine groups is 1. The van der Waals surface area contributed by atoms with Crippen LogP contribution in [0.2, 0.25) is 0 Å². The number of benzene rings is 2. The van der Waals surface area contributed by atoms with E-state index in [2.05, 4.69) is 4.99 Å². The molecule has 0 atom stereocenters. The lowest BCUT2D eigenvalue weighted by Crippen LogP contribution is -2.23. The fraction of sp³-hybridized carbons (Fsp3) is 0.200. The summed E-state index contributed by atoms with van der Waals surface area (Å²) in [5.41, 5.74) is 2.76. The predicted molar refractivity (Wildman–Crippen MR) is 106 cm³/mol. The normalized spacial score (nSPS) is 17.2. The first kappa shape index (κ1) is 18.1. The van der Waals surface area contributed by atoms with Crippen molar-refractivity contribution in [3.63, 3.8) is 0 Å². The molecule has 0 saturated carbocycles. The van der Waals surface area contributed by atoms with E-state index in [1.807, 2.05) is 55.5 Å². The van der Waals surface area contributed by atoms with Gasteiger partial charge in [-0.25, -0.2) is 4.99 Å². The van der Waals surface area contributed by atoms with Crippen LogP contribution in [0.25, 0.3) is 6.08 Å². The number of thioether (sulfide) groups is 1. The van der Waals surface area contributed by atoms with Crippen LogP contribution in [-0.4, -0.2) is 37.2 Å². The van der Waals surface area contributed by atoms with Gasteiger partial charge in [0, 0.05) is 7.05 Å². The molecule has 0 aromatic heterocycles. The van der Waals surface area contributed by atoms with Crippen LogP contribution >= 0.6 is 11.8 Å². The van der Waals surface area contributed by atoms with E-state index < -0.39 is 0 Å². The van der Waals surface area contributed by atoms with Crippen molar-refractivity contribution < 1.29 is 14.3 Å². The van der Waals surface area contributed by atoms with Crippen LogP contribution in [0.1, 0.15) is 11.1 Å². The molecule has 1 aliphatic heterocycles. The molecule has 2 aromatic carbocycles. The largest absolute Gasteiger partial charge is 0.497 e. The Morgan fingerprint density at radius 1 is 1.08 bits per heavy atom. The molecule has 0 radical (unpaired) electrons. The standard InChI is InChI=1S/C20H20N2O3S/c1-13-11-14(5-10-17(13)25-4)12-18-19(23)22(2)20(26-18)21-15-6-8-16(24-3)9-7-15/h5-12H,1-4H3. The summed E-state index contributed by atoms with van der Waals surface area (Å²) in [5.74, 6) is 1.54. The maximum absolute atomic E-state index is 12.5. The third kappa shape index (κ3) is 3.75. The number of aliphatic imine (C=N–C) groups is 1. The highest BCUT2D eigenvalue weighted by atomic mass is 32.2. The molecule has 6 heteroatoms. The molecule has 1 saturated heterocycles. The second-order valence-electron chi connectivity index (χ2n) is 5.80. The summed E-state index contributed by atoms with van der Waals surface area (Å²) in [4.78, 5) is 19.3. The molecule has 0 N–H and O–H groups in total. The SMILES string of the molecule is COc1ccc(N=C2SC(=Cc3ccc(OC)c(C)c3)C(=O)N2C)cc1. The van der Waals surface area contributed by atoms with E-state index >= 15 is 0 Å². The second-order valence-corrected chi connectivity index (χ2v) is 6.81. The molecule has 0 aliphatic carbocycles. The lowest BCUT2D eigenvalue weighted by Gasteiger charge is -2.07. The van der Waals surface area contributed by atoms with E-state index in [1.54, 1.807) is 26.2 Å². The van der Waals surface area contributed by atoms with Gasteiger partial charge in [-0.15, -0.1) is 0 Å². The number of rotatable bonds is 4. The van der Waals surface area contributed by atoms with E-state index in [0.29, 0.717) is 10.1 Å². The topological polar surface area (TPSA) is 51.1 Å². The van der Waals surface area contributed by atoms with Gasteiger partial charge in [0.25, 0.3) is 5.91 Å². The zero-order chi connectivity index (χ0) is 18.7. The fourth-order valence-corrected chi connectivity index (χ4v) is 3.55. The number of methoxy groups -OCH3 is 2. The first-order chi connectivity index (χ1) is 12.5. The fourth-order valence-electron chi connectivity index (χ4n) is 2.56. The van der Waals surface area contributed by atoms with Gasteiger partial charge in [-0.2, -0.15) is 0 Å². The van der Waals surface area contributed by atoms with Gasteiger partial charge < -0.3 is 9.47 Å². The van der Waals surface area contributed by atoms with E-state index in [4.69, 9.17) is 9.47 Å². The van der Waals surface area contributed by atoms with Crippen LogP contribution in [0.4, 0.5) is 5.69 Å². The van der Waals surface area contributed by atoms with Gasteiger partial charge in [0.2, 0.25) is 0 Å². The molecular formula is C20H20N2O3S. The summed E-state index contributed by atoms with van der Waals surface area (Å²) in [6, 6.07) is 13.2. The lowest BCUT2D eigenvalue weighted by molar-refractivity contribution is -0.121. The Hall–Kier alpha value is -2.73. The number of amides is 1. The Bertz CT molecular complexity index is 888. The number of ether oxygens (including phenoxy) is 2. The summed E-state index contributed by atoms with van der Waals surface area (Å²) in [5, 5.41) is 0.650. The van der Waals surface area contributed by atoms with E-state index in [1.165, 1.54) is 11.8 Å². The number of hydrogen-bond donors (Lipinski definition) is 0. The third-order valence-corrected chi connectivity index (χ3v) is 5.08. The van der Waals surface area contributed by atoms with Crippen molar-refractivity contribution in [2.24, 2.45) is 4.99 Å². The molecule has 5 nitrogen and oxygen atoms in total. The molecule has 0 bridgehead atoms. The first-order valence-electron chi connectivity index (χ1n) is 8.07. The van der Waals surface area contributed by atoms with Crippen LogP contribution in [0.3, 0.4) is 0 Å². The number of hydrogen-bond acceptors (Lipinski definition) is 5. The van der Waals surface area contributed by atoms with Gasteiger partial charge in [0.15, 0.2) is 5.17 Å². The molecule has 1 aliphatic rings. The Morgan fingerprint density at radius 2 is 1.81 bits per heavy atom. The molecule has 1 fully saturated rings. The molecule has 3 rings (SSSR count). The van der Waals surface area contributed by atoms with Crippen molar-refractivity contribution in [2.75, 3.05) is 21.3 Å². The maximum atomic E-state index is 12.5. The van der Waals surface area contributed by atoms with Gasteiger partial charge >= 0.3 is 0 Å².